The first kappa shape index (κ1) is 21.1. The Hall–Kier alpha value is -3.74. The molecule has 7 nitrogen and oxygen atoms in total. The topological polar surface area (TPSA) is 73.1 Å². The van der Waals surface area contributed by atoms with Crippen LogP contribution in [0.1, 0.15) is 37.4 Å². The van der Waals surface area contributed by atoms with Gasteiger partial charge in [-0.1, -0.05) is 60.7 Å². The van der Waals surface area contributed by atoms with E-state index in [0.29, 0.717) is 24.5 Å². The van der Waals surface area contributed by atoms with Gasteiger partial charge in [-0.2, -0.15) is 4.98 Å². The lowest BCUT2D eigenvalue weighted by molar-refractivity contribution is -0.161. The van der Waals surface area contributed by atoms with Gasteiger partial charge in [-0.25, -0.2) is 9.97 Å². The summed E-state index contributed by atoms with van der Waals surface area (Å²) in [6.07, 6.45) is 3.98. The summed E-state index contributed by atoms with van der Waals surface area (Å²) < 4.78 is 7.91. The van der Waals surface area contributed by atoms with Crippen molar-refractivity contribution in [3.05, 3.63) is 84.4 Å². The molecule has 1 saturated heterocycles. The molecule has 2 aromatic heterocycles. The predicted octanol–water partition coefficient (Wildman–Crippen LogP) is 4.40. The number of imidazole rings is 1. The third-order valence-corrected chi connectivity index (χ3v) is 6.22. The number of amides is 1. The molecule has 168 valence electrons. The van der Waals surface area contributed by atoms with E-state index in [1.807, 2.05) is 58.0 Å². The first-order valence-electron chi connectivity index (χ1n) is 11.3. The highest BCUT2D eigenvalue weighted by atomic mass is 16.5. The quantitative estimate of drug-likeness (QED) is 0.379. The molecule has 0 radical (unpaired) electrons. The van der Waals surface area contributed by atoms with E-state index in [2.05, 4.69) is 40.9 Å². The number of fused-ring (bicyclic) bond motifs is 1. The molecule has 0 spiro atoms. The number of aryl methyl sites for hydroxylation is 1. The molecular formula is C26H27N5O2. The lowest BCUT2D eigenvalue weighted by Crippen LogP contribution is -2.57. The molecule has 3 heterocycles. The highest BCUT2D eigenvalue weighted by Crippen LogP contribution is 2.43. The molecule has 0 unspecified atom stereocenters. The Kier molecular flexibility index (Phi) is 5.77. The van der Waals surface area contributed by atoms with E-state index in [4.69, 9.17) is 4.74 Å². The summed E-state index contributed by atoms with van der Waals surface area (Å²) in [5, 5.41) is 0. The predicted molar refractivity (Wildman–Crippen MR) is 125 cm³/mol. The number of carbonyl (C=O) groups excluding carboxylic acids is 1. The normalized spacial score (nSPS) is 18.0. The summed E-state index contributed by atoms with van der Waals surface area (Å²) in [5.74, 6) is 0.628. The first-order chi connectivity index (χ1) is 16.1. The van der Waals surface area contributed by atoms with Crippen LogP contribution in [0.15, 0.2) is 73.3 Å². The van der Waals surface area contributed by atoms with Crippen LogP contribution in [0.25, 0.3) is 11.2 Å². The molecule has 0 aliphatic carbocycles. The maximum atomic E-state index is 12.9. The van der Waals surface area contributed by atoms with Gasteiger partial charge in [-0.05, 0) is 31.4 Å². The maximum absolute atomic E-state index is 12.9. The summed E-state index contributed by atoms with van der Waals surface area (Å²) in [6, 6.07) is 20.5. The van der Waals surface area contributed by atoms with Crippen molar-refractivity contribution in [1.82, 2.24) is 24.4 Å². The summed E-state index contributed by atoms with van der Waals surface area (Å²) in [4.78, 5) is 28.2. The molecule has 7 heteroatoms. The zero-order valence-electron chi connectivity index (χ0n) is 18.8. The van der Waals surface area contributed by atoms with Gasteiger partial charge in [-0.3, -0.25) is 4.79 Å². The zero-order chi connectivity index (χ0) is 22.8. The maximum Gasteiger partial charge on any atom is 0.245 e. The number of rotatable bonds is 8. The summed E-state index contributed by atoms with van der Waals surface area (Å²) >= 11 is 0. The van der Waals surface area contributed by atoms with E-state index in [1.54, 1.807) is 6.33 Å². The number of hydrogen-bond acceptors (Lipinski definition) is 5. The molecule has 0 saturated carbocycles. The Morgan fingerprint density at radius 1 is 0.970 bits per heavy atom. The third-order valence-electron chi connectivity index (χ3n) is 6.22. The monoisotopic (exact) mass is 441 g/mol. The molecule has 1 fully saturated rings. The van der Waals surface area contributed by atoms with Crippen molar-refractivity contribution in [3.63, 3.8) is 0 Å². The Labute approximate surface area is 193 Å². The van der Waals surface area contributed by atoms with Gasteiger partial charge in [0.2, 0.25) is 11.8 Å². The van der Waals surface area contributed by atoms with Gasteiger partial charge in [0.25, 0.3) is 0 Å². The number of benzene rings is 2. The van der Waals surface area contributed by atoms with Crippen molar-refractivity contribution >= 4 is 17.1 Å². The van der Waals surface area contributed by atoms with E-state index in [0.717, 1.165) is 17.6 Å². The second kappa shape index (κ2) is 9.02. The van der Waals surface area contributed by atoms with Crippen molar-refractivity contribution in [1.29, 1.82) is 0 Å². The largest absolute Gasteiger partial charge is 0.471 e. The van der Waals surface area contributed by atoms with Crippen molar-refractivity contribution in [3.8, 4) is 5.88 Å². The Morgan fingerprint density at radius 2 is 1.70 bits per heavy atom. The van der Waals surface area contributed by atoms with Crippen LogP contribution in [0.3, 0.4) is 0 Å². The van der Waals surface area contributed by atoms with E-state index in [-0.39, 0.29) is 23.9 Å². The molecule has 1 aliphatic heterocycles. The molecule has 1 aliphatic rings. The molecule has 5 rings (SSSR count). The minimum absolute atomic E-state index is 0.0529. The lowest BCUT2D eigenvalue weighted by Gasteiger charge is -2.50. The van der Waals surface area contributed by atoms with Crippen LogP contribution in [-0.4, -0.2) is 36.4 Å². The summed E-state index contributed by atoms with van der Waals surface area (Å²) in [5.41, 5.74) is 3.60. The van der Waals surface area contributed by atoms with Crippen LogP contribution in [0.2, 0.25) is 0 Å². The minimum atomic E-state index is -0.0529. The zero-order valence-corrected chi connectivity index (χ0v) is 18.8. The average molecular weight is 442 g/mol. The van der Waals surface area contributed by atoms with E-state index < -0.39 is 0 Å². The molecule has 2 aromatic carbocycles. The van der Waals surface area contributed by atoms with Gasteiger partial charge in [0.1, 0.15) is 12.9 Å². The van der Waals surface area contributed by atoms with E-state index in [1.165, 1.54) is 11.9 Å². The van der Waals surface area contributed by atoms with Gasteiger partial charge in [-0.15, -0.1) is 0 Å². The van der Waals surface area contributed by atoms with Gasteiger partial charge in [0.15, 0.2) is 11.2 Å². The Balaban J connectivity index is 1.32. The second-order valence-electron chi connectivity index (χ2n) is 8.65. The molecule has 4 aromatic rings. The highest BCUT2D eigenvalue weighted by molar-refractivity contribution is 5.87. The van der Waals surface area contributed by atoms with E-state index in [9.17, 15) is 4.79 Å². The molecule has 2 atom stereocenters. The number of ether oxygens (including phenoxy) is 1. The van der Waals surface area contributed by atoms with Crippen molar-refractivity contribution in [2.24, 2.45) is 5.92 Å². The van der Waals surface area contributed by atoms with Crippen molar-refractivity contribution in [2.75, 3.05) is 0 Å². The fourth-order valence-electron chi connectivity index (χ4n) is 4.61. The number of aromatic nitrogens is 4. The number of nitrogens with zero attached hydrogens (tertiary/aromatic N) is 5. The molecule has 33 heavy (non-hydrogen) atoms. The van der Waals surface area contributed by atoms with Crippen molar-refractivity contribution < 1.29 is 9.53 Å². The van der Waals surface area contributed by atoms with Crippen LogP contribution in [0.5, 0.6) is 5.88 Å². The fourth-order valence-corrected chi connectivity index (χ4v) is 4.61. The minimum Gasteiger partial charge on any atom is -0.471 e. The number of β-lactam (4-membered cyclic amide) rings is 1. The van der Waals surface area contributed by atoms with Crippen LogP contribution >= 0.6 is 0 Å². The second-order valence-corrected chi connectivity index (χ2v) is 8.65. The molecular weight excluding hydrogens is 414 g/mol. The Morgan fingerprint density at radius 3 is 2.42 bits per heavy atom. The standard InChI is InChI=1S/C26H27N5O2/c1-18(2)31-23(20-11-7-4-8-12-20)21(26(31)32)13-14-30-17-29-22-24(30)27-16-28-25(22)33-15-19-9-5-3-6-10-19/h3-12,16-18,21,23H,13-15H2,1-2H3/t21-,23-/m1/s1. The van der Waals surface area contributed by atoms with Gasteiger partial charge >= 0.3 is 0 Å². The van der Waals surface area contributed by atoms with E-state index >= 15 is 0 Å². The van der Waals surface area contributed by atoms with Crippen LogP contribution in [0, 0.1) is 5.92 Å². The molecule has 0 bridgehead atoms. The van der Waals surface area contributed by atoms with Crippen LogP contribution in [-0.2, 0) is 17.9 Å². The average Bonchev–Trinajstić information content (AvgIpc) is 3.26. The highest BCUT2D eigenvalue weighted by Gasteiger charge is 2.48. The smallest absolute Gasteiger partial charge is 0.245 e. The fraction of sp³-hybridized carbons (Fsp3) is 0.308. The number of likely N-dealkylation sites (tertiary alicyclic amines) is 1. The summed E-state index contributed by atoms with van der Waals surface area (Å²) in [7, 11) is 0. The van der Waals surface area contributed by atoms with Crippen molar-refractivity contribution in [2.45, 2.75) is 45.5 Å². The Bertz CT molecular complexity index is 1240. The third kappa shape index (κ3) is 4.06. The summed E-state index contributed by atoms with van der Waals surface area (Å²) in [6.45, 7) is 5.21. The van der Waals surface area contributed by atoms with Gasteiger partial charge < -0.3 is 14.2 Å². The number of carbonyl (C=O) groups is 1. The SMILES string of the molecule is CC(C)N1C(=O)[C@H](CCn2cnc3c(OCc4ccccc4)ncnc32)[C@H]1c1ccccc1. The van der Waals surface area contributed by atoms with Crippen LogP contribution in [0.4, 0.5) is 0 Å². The lowest BCUT2D eigenvalue weighted by atomic mass is 9.79. The number of hydrogen-bond donors (Lipinski definition) is 0. The van der Waals surface area contributed by atoms with Crippen LogP contribution < -0.4 is 4.74 Å². The first-order valence-corrected chi connectivity index (χ1v) is 11.3. The molecule has 1 amide bonds. The molecule has 0 N–H and O–H groups in total. The van der Waals surface area contributed by atoms with Gasteiger partial charge in [0.05, 0.1) is 18.3 Å². The van der Waals surface area contributed by atoms with Gasteiger partial charge in [0, 0.05) is 12.6 Å².